The monoisotopic (exact) mass is 272 g/mol. The van der Waals surface area contributed by atoms with Gasteiger partial charge in [-0.2, -0.15) is 0 Å². The van der Waals surface area contributed by atoms with E-state index in [1.165, 1.54) is 16.9 Å². The number of esters is 1. The maximum absolute atomic E-state index is 12.1. The molecule has 0 aromatic rings. The minimum atomic E-state index is -0.875. The molecular formula is C12H20N2O5. The van der Waals surface area contributed by atoms with Gasteiger partial charge in [-0.1, -0.05) is 6.92 Å². The van der Waals surface area contributed by atoms with Crippen LogP contribution in [0.4, 0.5) is 4.79 Å². The fraction of sp³-hybridized carbons (Fsp3) is 0.750. The third-order valence-corrected chi connectivity index (χ3v) is 3.41. The van der Waals surface area contributed by atoms with Gasteiger partial charge >= 0.3 is 18.0 Å². The van der Waals surface area contributed by atoms with Gasteiger partial charge < -0.3 is 19.6 Å². The summed E-state index contributed by atoms with van der Waals surface area (Å²) < 4.78 is 4.50. The third kappa shape index (κ3) is 3.84. The van der Waals surface area contributed by atoms with Gasteiger partial charge in [0.1, 0.15) is 0 Å². The molecule has 1 N–H and O–H groups in total. The van der Waals surface area contributed by atoms with E-state index in [9.17, 15) is 14.4 Å². The highest BCUT2D eigenvalue weighted by Crippen LogP contribution is 2.23. The Kier molecular flexibility index (Phi) is 5.14. The molecule has 1 heterocycles. The van der Waals surface area contributed by atoms with Crippen LogP contribution in [0, 0.1) is 11.8 Å². The minimum Gasteiger partial charge on any atom is -0.481 e. The second-order valence-corrected chi connectivity index (χ2v) is 4.86. The number of nitrogens with zero attached hydrogens (tertiary/aromatic N) is 2. The largest absolute Gasteiger partial charge is 0.481 e. The van der Waals surface area contributed by atoms with Crippen molar-refractivity contribution in [2.45, 2.75) is 13.3 Å². The lowest BCUT2D eigenvalue weighted by molar-refractivity contribution is -0.142. The van der Waals surface area contributed by atoms with E-state index in [4.69, 9.17) is 5.11 Å². The molecule has 1 rings (SSSR count). The van der Waals surface area contributed by atoms with Crippen LogP contribution < -0.4 is 0 Å². The molecular weight excluding hydrogens is 252 g/mol. The summed E-state index contributed by atoms with van der Waals surface area (Å²) in [7, 11) is 2.88. The predicted molar refractivity (Wildman–Crippen MR) is 66.5 cm³/mol. The van der Waals surface area contributed by atoms with Crippen molar-refractivity contribution in [3.8, 4) is 0 Å². The molecule has 0 aromatic carbocycles. The van der Waals surface area contributed by atoms with Crippen molar-refractivity contribution in [3.05, 3.63) is 0 Å². The van der Waals surface area contributed by atoms with Gasteiger partial charge in [0.15, 0.2) is 0 Å². The lowest BCUT2D eigenvalue weighted by Gasteiger charge is -2.24. The first-order valence-electron chi connectivity index (χ1n) is 6.16. The van der Waals surface area contributed by atoms with Crippen LogP contribution in [0.1, 0.15) is 13.3 Å². The van der Waals surface area contributed by atoms with Gasteiger partial charge in [-0.05, 0) is 5.92 Å². The van der Waals surface area contributed by atoms with E-state index in [1.54, 1.807) is 7.05 Å². The Morgan fingerprint density at radius 3 is 2.47 bits per heavy atom. The normalized spacial score (nSPS) is 22.2. The summed E-state index contributed by atoms with van der Waals surface area (Å²) in [5.74, 6) is -1.83. The molecule has 7 nitrogen and oxygen atoms in total. The summed E-state index contributed by atoms with van der Waals surface area (Å²) >= 11 is 0. The highest BCUT2D eigenvalue weighted by atomic mass is 16.5. The molecule has 0 aromatic heterocycles. The Bertz CT molecular complexity index is 371. The van der Waals surface area contributed by atoms with Gasteiger partial charge in [-0.25, -0.2) is 4.79 Å². The van der Waals surface area contributed by atoms with E-state index in [0.29, 0.717) is 6.54 Å². The second-order valence-electron chi connectivity index (χ2n) is 4.86. The molecule has 0 saturated carbocycles. The lowest BCUT2D eigenvalue weighted by Crippen LogP contribution is -2.41. The number of carbonyl (C=O) groups is 3. The molecule has 0 radical (unpaired) electrons. The Morgan fingerprint density at radius 2 is 2.00 bits per heavy atom. The predicted octanol–water partition coefficient (Wildman–Crippen LogP) is 0.254. The van der Waals surface area contributed by atoms with Crippen LogP contribution in [0.5, 0.6) is 0 Å². The lowest BCUT2D eigenvalue weighted by atomic mass is 9.99. The standard InChI is InChI=1S/C12H20N2O5/c1-8-6-14(7-9(8)11(16)17)12(18)13(2)5-4-10(15)19-3/h8-9H,4-7H2,1-3H3,(H,16,17). The first-order valence-corrected chi connectivity index (χ1v) is 6.16. The number of rotatable bonds is 4. The average molecular weight is 272 g/mol. The van der Waals surface area contributed by atoms with Crippen LogP contribution in [0.3, 0.4) is 0 Å². The molecule has 0 aliphatic carbocycles. The van der Waals surface area contributed by atoms with Gasteiger partial charge in [0.25, 0.3) is 0 Å². The summed E-state index contributed by atoms with van der Waals surface area (Å²) in [6.45, 7) is 2.73. The third-order valence-electron chi connectivity index (χ3n) is 3.41. The molecule has 2 amide bonds. The molecule has 108 valence electrons. The summed E-state index contributed by atoms with van der Waals surface area (Å²) in [5, 5.41) is 9.02. The van der Waals surface area contributed by atoms with Crippen molar-refractivity contribution < 1.29 is 24.2 Å². The fourth-order valence-electron chi connectivity index (χ4n) is 2.14. The van der Waals surface area contributed by atoms with Crippen LogP contribution in [-0.2, 0) is 14.3 Å². The number of hydrogen-bond acceptors (Lipinski definition) is 4. The average Bonchev–Trinajstić information content (AvgIpc) is 2.76. The number of amides is 2. The Morgan fingerprint density at radius 1 is 1.37 bits per heavy atom. The Labute approximate surface area is 112 Å². The molecule has 2 atom stereocenters. The zero-order valence-corrected chi connectivity index (χ0v) is 11.5. The number of carboxylic acids is 1. The maximum atomic E-state index is 12.1. The van der Waals surface area contributed by atoms with Crippen LogP contribution in [-0.4, -0.2) is 66.7 Å². The van der Waals surface area contributed by atoms with Crippen LogP contribution >= 0.6 is 0 Å². The Balaban J connectivity index is 2.50. The molecule has 0 bridgehead atoms. The summed E-state index contributed by atoms with van der Waals surface area (Å²) in [4.78, 5) is 37.0. The summed E-state index contributed by atoms with van der Waals surface area (Å²) in [5.41, 5.74) is 0. The molecule has 1 saturated heterocycles. The first kappa shape index (κ1) is 15.3. The van der Waals surface area contributed by atoms with E-state index >= 15 is 0 Å². The smallest absolute Gasteiger partial charge is 0.319 e. The van der Waals surface area contributed by atoms with Crippen molar-refractivity contribution >= 4 is 18.0 Å². The van der Waals surface area contributed by atoms with E-state index < -0.39 is 11.9 Å². The maximum Gasteiger partial charge on any atom is 0.319 e. The molecule has 1 aliphatic rings. The van der Waals surface area contributed by atoms with Gasteiger partial charge in [-0.3, -0.25) is 9.59 Å². The van der Waals surface area contributed by atoms with Crippen molar-refractivity contribution in [1.82, 2.24) is 9.80 Å². The summed E-state index contributed by atoms with van der Waals surface area (Å²) in [6, 6.07) is -0.250. The van der Waals surface area contributed by atoms with Crippen molar-refractivity contribution in [2.24, 2.45) is 11.8 Å². The number of likely N-dealkylation sites (tertiary alicyclic amines) is 1. The number of aliphatic carboxylic acids is 1. The minimum absolute atomic E-state index is 0.0598. The van der Waals surface area contributed by atoms with E-state index in [2.05, 4.69) is 4.74 Å². The number of carboxylic acid groups (broad SMARTS) is 1. The van der Waals surface area contributed by atoms with Gasteiger partial charge in [0, 0.05) is 26.7 Å². The van der Waals surface area contributed by atoms with E-state index in [0.717, 1.165) is 0 Å². The number of hydrogen-bond donors (Lipinski definition) is 1. The highest BCUT2D eigenvalue weighted by Gasteiger charge is 2.37. The van der Waals surface area contributed by atoms with E-state index in [-0.39, 0.29) is 37.4 Å². The number of methoxy groups -OCH3 is 1. The number of ether oxygens (including phenoxy) is 1. The van der Waals surface area contributed by atoms with E-state index in [1.807, 2.05) is 6.92 Å². The van der Waals surface area contributed by atoms with Gasteiger partial charge in [0.2, 0.25) is 0 Å². The molecule has 2 unspecified atom stereocenters. The van der Waals surface area contributed by atoms with Crippen molar-refractivity contribution in [1.29, 1.82) is 0 Å². The zero-order chi connectivity index (χ0) is 14.6. The zero-order valence-electron chi connectivity index (χ0n) is 11.5. The van der Waals surface area contributed by atoms with Crippen LogP contribution in [0.2, 0.25) is 0 Å². The first-order chi connectivity index (χ1) is 8.86. The topological polar surface area (TPSA) is 87.2 Å². The fourth-order valence-corrected chi connectivity index (χ4v) is 2.14. The van der Waals surface area contributed by atoms with Gasteiger partial charge in [-0.15, -0.1) is 0 Å². The molecule has 19 heavy (non-hydrogen) atoms. The quantitative estimate of drug-likeness (QED) is 0.741. The number of carbonyl (C=O) groups excluding carboxylic acids is 2. The second kappa shape index (κ2) is 6.40. The van der Waals surface area contributed by atoms with Crippen LogP contribution in [0.15, 0.2) is 0 Å². The summed E-state index contributed by atoms with van der Waals surface area (Å²) in [6.07, 6.45) is 0.129. The Hall–Kier alpha value is -1.79. The molecule has 0 spiro atoms. The molecule has 1 fully saturated rings. The SMILES string of the molecule is COC(=O)CCN(C)C(=O)N1CC(C)C(C(=O)O)C1. The van der Waals surface area contributed by atoms with Crippen molar-refractivity contribution in [3.63, 3.8) is 0 Å². The highest BCUT2D eigenvalue weighted by molar-refractivity contribution is 5.78. The van der Waals surface area contributed by atoms with Crippen LogP contribution in [0.25, 0.3) is 0 Å². The molecule has 7 heteroatoms. The van der Waals surface area contributed by atoms with Gasteiger partial charge in [0.05, 0.1) is 19.4 Å². The number of urea groups is 1. The molecule has 1 aliphatic heterocycles. The van der Waals surface area contributed by atoms with Crippen molar-refractivity contribution in [2.75, 3.05) is 33.8 Å².